The number of carbonyl (C=O) groups excluding carboxylic acids is 3. The number of rotatable bonds is 7. The van der Waals surface area contributed by atoms with Gasteiger partial charge < -0.3 is 25.4 Å². The van der Waals surface area contributed by atoms with Crippen LogP contribution in [-0.2, 0) is 20.1 Å². The second-order valence-electron chi connectivity index (χ2n) is 12.6. The van der Waals surface area contributed by atoms with Crippen molar-refractivity contribution in [1.29, 1.82) is 0 Å². The minimum Gasteiger partial charge on any atom is -0.465 e. The molecule has 3 aromatic rings. The smallest absolute Gasteiger partial charge is 0.404 e. The number of esters is 1. The number of halogens is 1. The van der Waals surface area contributed by atoms with Gasteiger partial charge in [0.05, 0.1) is 11.6 Å². The number of fused-ring (bicyclic) bond motifs is 3. The van der Waals surface area contributed by atoms with E-state index in [1.807, 2.05) is 60.9 Å². The van der Waals surface area contributed by atoms with Crippen LogP contribution in [-0.4, -0.2) is 63.8 Å². The minimum absolute atomic E-state index is 0.0925. The van der Waals surface area contributed by atoms with E-state index in [2.05, 4.69) is 10.6 Å². The molecular formula is C33H37FN4O6. The van der Waals surface area contributed by atoms with Gasteiger partial charge in [-0.3, -0.25) is 14.2 Å². The average Bonchev–Trinajstić information content (AvgIpc) is 3.68. The molecule has 0 bridgehead atoms. The highest BCUT2D eigenvalue weighted by molar-refractivity contribution is 6.02. The fourth-order valence-corrected chi connectivity index (χ4v) is 7.42. The van der Waals surface area contributed by atoms with Crippen molar-refractivity contribution in [2.45, 2.75) is 69.7 Å². The molecule has 44 heavy (non-hydrogen) atoms. The normalized spacial score (nSPS) is 24.9. The van der Waals surface area contributed by atoms with E-state index in [1.54, 1.807) is 17.0 Å². The molecule has 0 radical (unpaired) electrons. The lowest BCUT2D eigenvalue weighted by molar-refractivity contribution is -0.141. The third kappa shape index (κ3) is 5.39. The lowest BCUT2D eigenvalue weighted by Gasteiger charge is -2.35. The summed E-state index contributed by atoms with van der Waals surface area (Å²) in [6.07, 6.45) is 1.47. The molecule has 232 valence electrons. The van der Waals surface area contributed by atoms with Gasteiger partial charge in [0.2, 0.25) is 11.8 Å². The van der Waals surface area contributed by atoms with E-state index in [1.165, 1.54) is 0 Å². The molecule has 0 unspecified atom stereocenters. The molecule has 1 saturated carbocycles. The topological polar surface area (TPSA) is 130 Å². The molecule has 6 rings (SSSR count). The maximum Gasteiger partial charge on any atom is 0.404 e. The van der Waals surface area contributed by atoms with Crippen LogP contribution in [0.25, 0.3) is 10.9 Å². The Morgan fingerprint density at radius 2 is 1.77 bits per heavy atom. The van der Waals surface area contributed by atoms with E-state index in [9.17, 15) is 23.6 Å². The molecule has 3 atom stereocenters. The van der Waals surface area contributed by atoms with E-state index < -0.39 is 36.5 Å². The predicted octanol–water partition coefficient (Wildman–Crippen LogP) is 5.24. The van der Waals surface area contributed by atoms with Crippen LogP contribution in [0.1, 0.15) is 67.9 Å². The summed E-state index contributed by atoms with van der Waals surface area (Å²) >= 11 is 0. The van der Waals surface area contributed by atoms with E-state index in [-0.39, 0.29) is 29.6 Å². The SMILES string of the molecule is CC1(C)OC(=O)c2cc3cc(NC(=O)[C@@H]4[C@H](c5ccccc5)CCN4C(=O)[C@H]4CC[C@H]([C@@H](CF)NC(=O)O)CC4)ccc3n21. The summed E-state index contributed by atoms with van der Waals surface area (Å²) in [5.74, 6) is -1.45. The molecule has 3 amide bonds. The highest BCUT2D eigenvalue weighted by Gasteiger charge is 2.45. The number of anilines is 1. The van der Waals surface area contributed by atoms with Crippen molar-refractivity contribution in [1.82, 2.24) is 14.8 Å². The molecule has 1 aromatic heterocycles. The quantitative estimate of drug-likeness (QED) is 0.317. The summed E-state index contributed by atoms with van der Waals surface area (Å²) in [6.45, 7) is 3.30. The van der Waals surface area contributed by atoms with Gasteiger partial charge in [-0.1, -0.05) is 30.3 Å². The number of cyclic esters (lactones) is 1. The summed E-state index contributed by atoms with van der Waals surface area (Å²) in [5, 5.41) is 15.2. The number of hydrogen-bond donors (Lipinski definition) is 3. The number of carbonyl (C=O) groups is 4. The maximum atomic E-state index is 14.0. The Bertz CT molecular complexity index is 1600. The predicted molar refractivity (Wildman–Crippen MR) is 161 cm³/mol. The standard InChI is InChI=1S/C33H37FN4O6/c1-33(2)38-26-13-12-23(16-22(26)17-27(38)31(41)44-33)35-29(39)28-24(19-6-4-3-5-7-19)14-15-37(28)30(40)21-10-8-20(9-11-21)25(18-34)36-32(42)43/h3-7,12-13,16-17,20-21,24-25,28,36H,8-11,14-15,18H2,1-2H3,(H,35,39)(H,42,43)/t20-,21-,24-,25+,28-/m0/s1. The lowest BCUT2D eigenvalue weighted by Crippen LogP contribution is -2.49. The largest absolute Gasteiger partial charge is 0.465 e. The number of hydrogen-bond acceptors (Lipinski definition) is 5. The first-order valence-electron chi connectivity index (χ1n) is 15.2. The Morgan fingerprint density at radius 1 is 1.05 bits per heavy atom. The fourth-order valence-electron chi connectivity index (χ4n) is 7.42. The molecule has 0 spiro atoms. The van der Waals surface area contributed by atoms with Gasteiger partial charge in [-0.15, -0.1) is 0 Å². The minimum atomic E-state index is -1.25. The molecule has 3 N–H and O–H groups in total. The van der Waals surface area contributed by atoms with Crippen molar-refractivity contribution in [2.24, 2.45) is 11.8 Å². The number of alkyl halides is 1. The van der Waals surface area contributed by atoms with Crippen molar-refractivity contribution in [3.8, 4) is 0 Å². The molecule has 11 heteroatoms. The van der Waals surface area contributed by atoms with Gasteiger partial charge in [-0.25, -0.2) is 14.0 Å². The zero-order valence-electron chi connectivity index (χ0n) is 24.8. The summed E-state index contributed by atoms with van der Waals surface area (Å²) in [7, 11) is 0. The first-order chi connectivity index (χ1) is 21.1. The molecule has 10 nitrogen and oxygen atoms in total. The zero-order chi connectivity index (χ0) is 31.2. The summed E-state index contributed by atoms with van der Waals surface area (Å²) < 4.78 is 20.9. The van der Waals surface area contributed by atoms with Crippen LogP contribution in [0.5, 0.6) is 0 Å². The Kier molecular flexibility index (Phi) is 7.81. The number of amides is 3. The Hall–Kier alpha value is -4.41. The summed E-state index contributed by atoms with van der Waals surface area (Å²) in [6, 6.07) is 15.4. The lowest BCUT2D eigenvalue weighted by atomic mass is 9.78. The highest BCUT2D eigenvalue weighted by Crippen LogP contribution is 2.40. The van der Waals surface area contributed by atoms with E-state index in [4.69, 9.17) is 9.84 Å². The molecule has 3 heterocycles. The van der Waals surface area contributed by atoms with Crippen LogP contribution in [0, 0.1) is 11.8 Å². The molecule has 3 aliphatic rings. The molecule has 1 saturated heterocycles. The first kappa shape index (κ1) is 29.7. The first-order valence-corrected chi connectivity index (χ1v) is 15.2. The van der Waals surface area contributed by atoms with Crippen molar-refractivity contribution in [3.63, 3.8) is 0 Å². The highest BCUT2D eigenvalue weighted by atomic mass is 19.1. The van der Waals surface area contributed by atoms with E-state index in [0.29, 0.717) is 50.0 Å². The van der Waals surface area contributed by atoms with Crippen LogP contribution in [0.15, 0.2) is 54.6 Å². The number of likely N-dealkylation sites (tertiary alicyclic amines) is 1. The Balaban J connectivity index is 1.22. The number of benzene rings is 2. The molecule has 2 aliphatic heterocycles. The summed E-state index contributed by atoms with van der Waals surface area (Å²) in [4.78, 5) is 53.1. The van der Waals surface area contributed by atoms with Crippen molar-refractivity contribution in [2.75, 3.05) is 18.5 Å². The third-order valence-corrected chi connectivity index (χ3v) is 9.50. The van der Waals surface area contributed by atoms with Gasteiger partial charge in [0.25, 0.3) is 0 Å². The van der Waals surface area contributed by atoms with E-state index in [0.717, 1.165) is 16.5 Å². The van der Waals surface area contributed by atoms with Crippen LogP contribution in [0.4, 0.5) is 14.9 Å². The van der Waals surface area contributed by atoms with Crippen LogP contribution in [0.3, 0.4) is 0 Å². The number of ether oxygens (including phenoxy) is 1. The zero-order valence-corrected chi connectivity index (χ0v) is 24.8. The van der Waals surface area contributed by atoms with Crippen LogP contribution < -0.4 is 10.6 Å². The van der Waals surface area contributed by atoms with Crippen molar-refractivity contribution in [3.05, 3.63) is 65.9 Å². The van der Waals surface area contributed by atoms with Gasteiger partial charge in [-0.05, 0) is 81.7 Å². The van der Waals surface area contributed by atoms with Gasteiger partial charge >= 0.3 is 12.1 Å². The van der Waals surface area contributed by atoms with Gasteiger partial charge in [0, 0.05) is 29.5 Å². The van der Waals surface area contributed by atoms with Gasteiger partial charge in [0.1, 0.15) is 18.4 Å². The number of carboxylic acid groups (broad SMARTS) is 1. The molecular weight excluding hydrogens is 567 g/mol. The Morgan fingerprint density at radius 3 is 2.45 bits per heavy atom. The number of aromatic nitrogens is 1. The number of nitrogens with zero attached hydrogens (tertiary/aromatic N) is 2. The van der Waals surface area contributed by atoms with Gasteiger partial charge in [0.15, 0.2) is 5.72 Å². The number of nitrogens with one attached hydrogen (secondary N) is 2. The third-order valence-electron chi connectivity index (χ3n) is 9.50. The van der Waals surface area contributed by atoms with Crippen molar-refractivity contribution >= 4 is 40.5 Å². The maximum absolute atomic E-state index is 14.0. The van der Waals surface area contributed by atoms with E-state index >= 15 is 0 Å². The Labute approximate surface area is 254 Å². The average molecular weight is 605 g/mol. The second kappa shape index (κ2) is 11.6. The van der Waals surface area contributed by atoms with Gasteiger partial charge in [-0.2, -0.15) is 0 Å². The molecule has 1 aliphatic carbocycles. The second-order valence-corrected chi connectivity index (χ2v) is 12.6. The molecule has 2 fully saturated rings. The van der Waals surface area contributed by atoms with Crippen LogP contribution >= 0.6 is 0 Å². The summed E-state index contributed by atoms with van der Waals surface area (Å²) in [5.41, 5.74) is 2.00. The van der Waals surface area contributed by atoms with Crippen molar-refractivity contribution < 1.29 is 33.4 Å². The van der Waals surface area contributed by atoms with Crippen LogP contribution in [0.2, 0.25) is 0 Å². The fraction of sp³-hybridized carbons (Fsp3) is 0.455. The molecule has 2 aromatic carbocycles. The monoisotopic (exact) mass is 604 g/mol.